The van der Waals surface area contributed by atoms with Crippen molar-refractivity contribution in [2.45, 2.75) is 65.2 Å². The number of anilines is 1. The van der Waals surface area contributed by atoms with Gasteiger partial charge < -0.3 is 14.8 Å². The fourth-order valence-corrected chi connectivity index (χ4v) is 4.72. The SMILES string of the molecule is CCOC(=O)c1c(NC(=O)CCCCC(=O)OC)sc2c1CC[C@H](CC)C2. The molecular weight excluding hydrogens is 366 g/mol. The first kappa shape index (κ1) is 21.4. The van der Waals surface area contributed by atoms with E-state index in [1.165, 1.54) is 23.3 Å². The molecule has 0 bridgehead atoms. The van der Waals surface area contributed by atoms with Crippen LogP contribution in [0, 0.1) is 5.92 Å². The summed E-state index contributed by atoms with van der Waals surface area (Å²) in [4.78, 5) is 37.1. The summed E-state index contributed by atoms with van der Waals surface area (Å²) in [5, 5.41) is 3.51. The normalized spacial score (nSPS) is 15.7. The highest BCUT2D eigenvalue weighted by Gasteiger charge is 2.29. The van der Waals surface area contributed by atoms with Crippen LogP contribution in [0.4, 0.5) is 5.00 Å². The quantitative estimate of drug-likeness (QED) is 0.503. The van der Waals surface area contributed by atoms with Gasteiger partial charge in [0, 0.05) is 17.7 Å². The van der Waals surface area contributed by atoms with Crippen LogP contribution >= 0.6 is 11.3 Å². The van der Waals surface area contributed by atoms with E-state index in [9.17, 15) is 14.4 Å². The standard InChI is InChI=1S/C20H29NO5S/c1-4-13-10-11-14-15(12-13)27-19(18(14)20(24)26-5-2)21-16(22)8-6-7-9-17(23)25-3/h13H,4-12H2,1-3H3,(H,21,22)/t13-/m0/s1. The zero-order valence-electron chi connectivity index (χ0n) is 16.4. The number of methoxy groups -OCH3 is 1. The first-order chi connectivity index (χ1) is 13.0. The van der Waals surface area contributed by atoms with Gasteiger partial charge in [0.15, 0.2) is 0 Å². The molecule has 0 saturated carbocycles. The summed E-state index contributed by atoms with van der Waals surface area (Å²) >= 11 is 1.50. The predicted molar refractivity (Wildman–Crippen MR) is 105 cm³/mol. The highest BCUT2D eigenvalue weighted by molar-refractivity contribution is 7.17. The third-order valence-corrected chi connectivity index (χ3v) is 6.11. The lowest BCUT2D eigenvalue weighted by Gasteiger charge is -2.20. The Morgan fingerprint density at radius 3 is 2.59 bits per heavy atom. The van der Waals surface area contributed by atoms with Crippen molar-refractivity contribution in [3.63, 3.8) is 0 Å². The zero-order valence-corrected chi connectivity index (χ0v) is 17.2. The number of unbranched alkanes of at least 4 members (excludes halogenated alkanes) is 1. The van der Waals surface area contributed by atoms with E-state index >= 15 is 0 Å². The van der Waals surface area contributed by atoms with E-state index in [1.54, 1.807) is 6.92 Å². The molecule has 0 unspecified atom stereocenters. The number of fused-ring (bicyclic) bond motifs is 1. The maximum absolute atomic E-state index is 12.5. The molecule has 27 heavy (non-hydrogen) atoms. The van der Waals surface area contributed by atoms with Gasteiger partial charge in [-0.3, -0.25) is 9.59 Å². The Balaban J connectivity index is 2.06. The molecule has 1 heterocycles. The van der Waals surface area contributed by atoms with Gasteiger partial charge in [-0.05, 0) is 50.5 Å². The molecule has 0 radical (unpaired) electrons. The molecular formula is C20H29NO5S. The molecule has 1 amide bonds. The average Bonchev–Trinajstić information content (AvgIpc) is 3.01. The third-order valence-electron chi connectivity index (χ3n) is 4.94. The number of carbonyl (C=O) groups excluding carboxylic acids is 3. The van der Waals surface area contributed by atoms with Crippen molar-refractivity contribution in [2.75, 3.05) is 19.0 Å². The first-order valence-electron chi connectivity index (χ1n) is 9.68. The number of carbonyl (C=O) groups is 3. The summed E-state index contributed by atoms with van der Waals surface area (Å²) in [6, 6.07) is 0. The van der Waals surface area contributed by atoms with E-state index in [0.717, 1.165) is 31.2 Å². The number of rotatable bonds is 9. The molecule has 1 N–H and O–H groups in total. The highest BCUT2D eigenvalue weighted by Crippen LogP contribution is 2.40. The van der Waals surface area contributed by atoms with Gasteiger partial charge in [-0.25, -0.2) is 4.79 Å². The number of ether oxygens (including phenoxy) is 2. The Morgan fingerprint density at radius 1 is 1.19 bits per heavy atom. The van der Waals surface area contributed by atoms with Crippen LogP contribution in [0.2, 0.25) is 0 Å². The smallest absolute Gasteiger partial charge is 0.341 e. The van der Waals surface area contributed by atoms with Crippen LogP contribution in [0.15, 0.2) is 0 Å². The van der Waals surface area contributed by atoms with Crippen LogP contribution in [-0.2, 0) is 31.9 Å². The number of nitrogens with one attached hydrogen (secondary N) is 1. The summed E-state index contributed by atoms with van der Waals surface area (Å²) < 4.78 is 9.82. The fourth-order valence-electron chi connectivity index (χ4n) is 3.36. The van der Waals surface area contributed by atoms with Crippen molar-refractivity contribution in [3.05, 3.63) is 16.0 Å². The van der Waals surface area contributed by atoms with Gasteiger partial charge in [0.25, 0.3) is 0 Å². The van der Waals surface area contributed by atoms with Crippen LogP contribution in [-0.4, -0.2) is 31.6 Å². The second-order valence-electron chi connectivity index (χ2n) is 6.78. The van der Waals surface area contributed by atoms with Gasteiger partial charge in [0.05, 0.1) is 19.3 Å². The van der Waals surface area contributed by atoms with Crippen LogP contribution in [0.3, 0.4) is 0 Å². The molecule has 1 atom stereocenters. The van der Waals surface area contributed by atoms with Crippen molar-refractivity contribution in [1.29, 1.82) is 0 Å². The maximum atomic E-state index is 12.5. The minimum absolute atomic E-state index is 0.143. The summed E-state index contributed by atoms with van der Waals surface area (Å²) in [7, 11) is 1.35. The van der Waals surface area contributed by atoms with Crippen LogP contribution < -0.4 is 5.32 Å². The van der Waals surface area contributed by atoms with E-state index in [0.29, 0.717) is 48.8 Å². The van der Waals surface area contributed by atoms with Crippen molar-refractivity contribution in [2.24, 2.45) is 5.92 Å². The number of esters is 2. The largest absolute Gasteiger partial charge is 0.469 e. The molecule has 0 spiro atoms. The van der Waals surface area contributed by atoms with Crippen molar-refractivity contribution in [3.8, 4) is 0 Å². The number of amides is 1. The topological polar surface area (TPSA) is 81.7 Å². The number of hydrogen-bond acceptors (Lipinski definition) is 6. The van der Waals surface area contributed by atoms with E-state index in [2.05, 4.69) is 17.0 Å². The third kappa shape index (κ3) is 5.79. The summed E-state index contributed by atoms with van der Waals surface area (Å²) in [6.45, 7) is 4.28. The first-order valence-corrected chi connectivity index (χ1v) is 10.5. The molecule has 1 aromatic heterocycles. The number of hydrogen-bond donors (Lipinski definition) is 1. The van der Waals surface area contributed by atoms with Gasteiger partial charge in [-0.2, -0.15) is 0 Å². The van der Waals surface area contributed by atoms with Gasteiger partial charge in [-0.15, -0.1) is 11.3 Å². The molecule has 0 fully saturated rings. The molecule has 0 aliphatic heterocycles. The van der Waals surface area contributed by atoms with Crippen molar-refractivity contribution in [1.82, 2.24) is 0 Å². The minimum atomic E-state index is -0.356. The van der Waals surface area contributed by atoms with Crippen molar-refractivity contribution < 1.29 is 23.9 Å². The van der Waals surface area contributed by atoms with Crippen LogP contribution in [0.5, 0.6) is 0 Å². The molecule has 150 valence electrons. The summed E-state index contributed by atoms with van der Waals surface area (Å²) in [5.41, 5.74) is 1.58. The molecule has 0 saturated heterocycles. The Bertz CT molecular complexity index is 682. The molecule has 2 rings (SSSR count). The zero-order chi connectivity index (χ0) is 19.8. The van der Waals surface area contributed by atoms with Gasteiger partial charge >= 0.3 is 11.9 Å². The molecule has 1 aliphatic carbocycles. The summed E-state index contributed by atoms with van der Waals surface area (Å²) in [5.74, 6) is -0.133. The lowest BCUT2D eigenvalue weighted by molar-refractivity contribution is -0.140. The molecule has 7 heteroatoms. The summed E-state index contributed by atoms with van der Waals surface area (Å²) in [6.07, 6.45) is 5.80. The van der Waals surface area contributed by atoms with E-state index in [1.807, 2.05) is 0 Å². The highest BCUT2D eigenvalue weighted by atomic mass is 32.1. The molecule has 6 nitrogen and oxygen atoms in total. The lowest BCUT2D eigenvalue weighted by atomic mass is 9.85. The monoisotopic (exact) mass is 395 g/mol. The number of thiophene rings is 1. The molecule has 1 aliphatic rings. The second-order valence-corrected chi connectivity index (χ2v) is 7.88. The Hall–Kier alpha value is -1.89. The Kier molecular flexibility index (Phi) is 8.28. The van der Waals surface area contributed by atoms with Gasteiger partial charge in [0.2, 0.25) is 5.91 Å². The van der Waals surface area contributed by atoms with Crippen molar-refractivity contribution >= 4 is 34.2 Å². The molecule has 1 aromatic rings. The van der Waals surface area contributed by atoms with Gasteiger partial charge in [-0.1, -0.05) is 13.3 Å². The van der Waals surface area contributed by atoms with Gasteiger partial charge in [0.1, 0.15) is 5.00 Å². The minimum Gasteiger partial charge on any atom is -0.469 e. The predicted octanol–water partition coefficient (Wildman–Crippen LogP) is 4.11. The Labute approximate surface area is 164 Å². The fraction of sp³-hybridized carbons (Fsp3) is 0.650. The van der Waals surface area contributed by atoms with E-state index < -0.39 is 0 Å². The van der Waals surface area contributed by atoms with Crippen LogP contribution in [0.1, 0.15) is 73.2 Å². The maximum Gasteiger partial charge on any atom is 0.341 e. The Morgan fingerprint density at radius 2 is 1.93 bits per heavy atom. The molecule has 0 aromatic carbocycles. The lowest BCUT2D eigenvalue weighted by Crippen LogP contribution is -2.17. The van der Waals surface area contributed by atoms with E-state index in [4.69, 9.17) is 4.74 Å². The second kappa shape index (κ2) is 10.4. The van der Waals surface area contributed by atoms with Crippen LogP contribution in [0.25, 0.3) is 0 Å². The van der Waals surface area contributed by atoms with E-state index in [-0.39, 0.29) is 17.8 Å². The average molecular weight is 396 g/mol.